The zero-order chi connectivity index (χ0) is 12.9. The summed E-state index contributed by atoms with van der Waals surface area (Å²) in [6.45, 7) is 5.20. The number of carbonyl (C=O) groups is 1. The molecule has 0 saturated heterocycles. The van der Waals surface area contributed by atoms with Crippen LogP contribution in [0.4, 0.5) is 0 Å². The highest BCUT2D eigenvalue weighted by Gasteiger charge is 2.25. The van der Waals surface area contributed by atoms with E-state index in [2.05, 4.69) is 10.6 Å². The predicted octanol–water partition coefficient (Wildman–Crippen LogP) is 2.20. The van der Waals surface area contributed by atoms with Gasteiger partial charge in [-0.15, -0.1) is 0 Å². The van der Waals surface area contributed by atoms with Crippen molar-refractivity contribution < 1.29 is 4.79 Å². The van der Waals surface area contributed by atoms with Gasteiger partial charge in [0, 0.05) is 25.2 Å². The van der Waals surface area contributed by atoms with Gasteiger partial charge in [-0.05, 0) is 31.5 Å². The highest BCUT2D eigenvalue weighted by molar-refractivity contribution is 6.30. The maximum absolute atomic E-state index is 11.6. The van der Waals surface area contributed by atoms with Crippen LogP contribution in [0.1, 0.15) is 19.4 Å². The van der Waals surface area contributed by atoms with E-state index in [1.54, 1.807) is 7.05 Å². The summed E-state index contributed by atoms with van der Waals surface area (Å²) in [6.07, 6.45) is 0. The van der Waals surface area contributed by atoms with Gasteiger partial charge in [-0.3, -0.25) is 4.79 Å². The van der Waals surface area contributed by atoms with Crippen LogP contribution in [0.15, 0.2) is 24.3 Å². The number of halogens is 1. The number of nitrogens with one attached hydrogen (secondary N) is 2. The molecule has 0 aromatic heterocycles. The molecule has 1 aromatic carbocycles. The summed E-state index contributed by atoms with van der Waals surface area (Å²) in [5.41, 5.74) is 0.753. The fraction of sp³-hybridized carbons (Fsp3) is 0.462. The molecule has 0 fully saturated rings. The molecule has 0 aliphatic rings. The number of hydrogen-bond donors (Lipinski definition) is 2. The van der Waals surface area contributed by atoms with E-state index in [0.717, 1.165) is 17.1 Å². The lowest BCUT2D eigenvalue weighted by Crippen LogP contribution is -2.41. The first-order valence-electron chi connectivity index (χ1n) is 5.63. The van der Waals surface area contributed by atoms with Crippen LogP contribution < -0.4 is 10.6 Å². The molecule has 0 aliphatic carbocycles. The van der Waals surface area contributed by atoms with Crippen LogP contribution in [0.2, 0.25) is 5.02 Å². The number of benzene rings is 1. The Bertz CT molecular complexity index is 374. The number of amides is 1. The number of rotatable bonds is 5. The smallest absolute Gasteiger partial charge is 0.226 e. The predicted molar refractivity (Wildman–Crippen MR) is 71.0 cm³/mol. The van der Waals surface area contributed by atoms with Crippen LogP contribution in [0.3, 0.4) is 0 Å². The highest BCUT2D eigenvalue weighted by Crippen LogP contribution is 2.14. The fourth-order valence-electron chi connectivity index (χ4n) is 1.54. The first kappa shape index (κ1) is 14.0. The molecule has 94 valence electrons. The van der Waals surface area contributed by atoms with E-state index in [1.165, 1.54) is 0 Å². The minimum Gasteiger partial charge on any atom is -0.359 e. The van der Waals surface area contributed by atoms with E-state index in [1.807, 2.05) is 38.1 Å². The van der Waals surface area contributed by atoms with Crippen LogP contribution in [-0.2, 0) is 11.3 Å². The molecule has 0 saturated carbocycles. The largest absolute Gasteiger partial charge is 0.359 e. The topological polar surface area (TPSA) is 41.1 Å². The number of hydrogen-bond acceptors (Lipinski definition) is 2. The second-order valence-electron chi connectivity index (χ2n) is 4.69. The van der Waals surface area contributed by atoms with Crippen molar-refractivity contribution in [1.29, 1.82) is 0 Å². The third-order valence-electron chi connectivity index (χ3n) is 2.65. The van der Waals surface area contributed by atoms with E-state index < -0.39 is 5.41 Å². The quantitative estimate of drug-likeness (QED) is 0.846. The monoisotopic (exact) mass is 254 g/mol. The third kappa shape index (κ3) is 4.36. The molecule has 0 heterocycles. The van der Waals surface area contributed by atoms with Crippen molar-refractivity contribution in [2.24, 2.45) is 5.41 Å². The van der Waals surface area contributed by atoms with Gasteiger partial charge < -0.3 is 10.6 Å². The average Bonchev–Trinajstić information content (AvgIpc) is 2.30. The molecule has 17 heavy (non-hydrogen) atoms. The molecule has 0 bridgehead atoms. The molecule has 0 unspecified atom stereocenters. The molecule has 2 N–H and O–H groups in total. The first-order valence-corrected chi connectivity index (χ1v) is 6.01. The maximum atomic E-state index is 11.6. The van der Waals surface area contributed by atoms with Crippen molar-refractivity contribution in [2.45, 2.75) is 20.4 Å². The minimum atomic E-state index is -0.402. The van der Waals surface area contributed by atoms with Crippen molar-refractivity contribution in [2.75, 3.05) is 13.6 Å². The molecule has 0 radical (unpaired) electrons. The summed E-state index contributed by atoms with van der Waals surface area (Å²) in [6, 6.07) is 7.68. The normalized spacial score (nSPS) is 11.3. The van der Waals surface area contributed by atoms with E-state index in [0.29, 0.717) is 6.54 Å². The standard InChI is InChI=1S/C13H19ClN2O/c1-13(2,12(17)15-3)9-16-8-10-4-6-11(14)7-5-10/h4-7,16H,8-9H2,1-3H3,(H,15,17). The van der Waals surface area contributed by atoms with Gasteiger partial charge in [0.15, 0.2) is 0 Å². The first-order chi connectivity index (χ1) is 7.95. The van der Waals surface area contributed by atoms with Gasteiger partial charge in [0.2, 0.25) is 5.91 Å². The molecule has 0 atom stereocenters. The summed E-state index contributed by atoms with van der Waals surface area (Å²) in [5, 5.41) is 6.67. The van der Waals surface area contributed by atoms with Crippen LogP contribution in [0.5, 0.6) is 0 Å². The van der Waals surface area contributed by atoms with Gasteiger partial charge in [0.25, 0.3) is 0 Å². The molecule has 0 aliphatic heterocycles. The van der Waals surface area contributed by atoms with Gasteiger partial charge in [-0.25, -0.2) is 0 Å². The zero-order valence-corrected chi connectivity index (χ0v) is 11.3. The lowest BCUT2D eigenvalue weighted by Gasteiger charge is -2.22. The van der Waals surface area contributed by atoms with Crippen molar-refractivity contribution in [3.05, 3.63) is 34.9 Å². The second kappa shape index (κ2) is 6.03. The van der Waals surface area contributed by atoms with Crippen molar-refractivity contribution >= 4 is 17.5 Å². The highest BCUT2D eigenvalue weighted by atomic mass is 35.5. The lowest BCUT2D eigenvalue weighted by atomic mass is 9.92. The Kier molecular flexibility index (Phi) is 4.97. The Morgan fingerprint density at radius 3 is 2.41 bits per heavy atom. The maximum Gasteiger partial charge on any atom is 0.226 e. The van der Waals surface area contributed by atoms with Crippen LogP contribution in [-0.4, -0.2) is 19.5 Å². The van der Waals surface area contributed by atoms with Gasteiger partial charge in [0.1, 0.15) is 0 Å². The summed E-state index contributed by atoms with van der Waals surface area (Å²) in [5.74, 6) is 0.0427. The van der Waals surface area contributed by atoms with E-state index in [9.17, 15) is 4.79 Å². The third-order valence-corrected chi connectivity index (χ3v) is 2.90. The molecule has 1 amide bonds. The van der Waals surface area contributed by atoms with Crippen molar-refractivity contribution in [3.63, 3.8) is 0 Å². The summed E-state index contributed by atoms with van der Waals surface area (Å²) in [4.78, 5) is 11.6. The molecular weight excluding hydrogens is 236 g/mol. The van der Waals surface area contributed by atoms with E-state index >= 15 is 0 Å². The molecule has 4 heteroatoms. The SMILES string of the molecule is CNC(=O)C(C)(C)CNCc1ccc(Cl)cc1. The molecule has 3 nitrogen and oxygen atoms in total. The fourth-order valence-corrected chi connectivity index (χ4v) is 1.67. The summed E-state index contributed by atoms with van der Waals surface area (Å²) in [7, 11) is 1.66. The molecule has 1 rings (SSSR count). The van der Waals surface area contributed by atoms with Gasteiger partial charge in [0.05, 0.1) is 5.41 Å². The van der Waals surface area contributed by atoms with Crippen LogP contribution >= 0.6 is 11.6 Å². The number of carbonyl (C=O) groups excluding carboxylic acids is 1. The lowest BCUT2D eigenvalue weighted by molar-refractivity contribution is -0.128. The van der Waals surface area contributed by atoms with Gasteiger partial charge in [-0.2, -0.15) is 0 Å². The van der Waals surface area contributed by atoms with Crippen LogP contribution in [0.25, 0.3) is 0 Å². The minimum absolute atomic E-state index is 0.0427. The van der Waals surface area contributed by atoms with Gasteiger partial charge >= 0.3 is 0 Å². The zero-order valence-electron chi connectivity index (χ0n) is 10.5. The van der Waals surface area contributed by atoms with E-state index in [-0.39, 0.29) is 5.91 Å². The average molecular weight is 255 g/mol. The van der Waals surface area contributed by atoms with E-state index in [4.69, 9.17) is 11.6 Å². The summed E-state index contributed by atoms with van der Waals surface area (Å²) < 4.78 is 0. The Morgan fingerprint density at radius 2 is 1.88 bits per heavy atom. The second-order valence-corrected chi connectivity index (χ2v) is 5.13. The Hall–Kier alpha value is -1.06. The summed E-state index contributed by atoms with van der Waals surface area (Å²) >= 11 is 5.81. The van der Waals surface area contributed by atoms with Crippen molar-refractivity contribution in [3.8, 4) is 0 Å². The Labute approximate surface area is 108 Å². The molecule has 1 aromatic rings. The Morgan fingerprint density at radius 1 is 1.29 bits per heavy atom. The Balaban J connectivity index is 2.42. The molecular formula is C13H19ClN2O. The van der Waals surface area contributed by atoms with Crippen molar-refractivity contribution in [1.82, 2.24) is 10.6 Å². The van der Waals surface area contributed by atoms with Crippen LogP contribution in [0, 0.1) is 5.41 Å². The van der Waals surface area contributed by atoms with Gasteiger partial charge in [-0.1, -0.05) is 23.7 Å². The molecule has 0 spiro atoms.